The number of hydrogen-bond acceptors (Lipinski definition) is 2. The molecule has 0 saturated heterocycles. The average Bonchev–Trinajstić information content (AvgIpc) is 2.30. The van der Waals surface area contributed by atoms with Crippen LogP contribution in [0.15, 0.2) is 24.3 Å². The zero-order chi connectivity index (χ0) is 11.5. The summed E-state index contributed by atoms with van der Waals surface area (Å²) < 4.78 is 5.26. The first-order chi connectivity index (χ1) is 7.76. The Hall–Kier alpha value is -1.28. The Labute approximate surface area is 100 Å². The number of methoxy groups -OCH3 is 1. The lowest BCUT2D eigenvalue weighted by molar-refractivity contribution is 0.419. The lowest BCUT2D eigenvalue weighted by atomic mass is 10.1. The molecule has 0 unspecified atom stereocenters. The third kappa shape index (κ3) is 1.98. The first kappa shape index (κ1) is 11.2. The Bertz CT molecular complexity index is 511. The molecule has 3 heteroatoms. The molecule has 1 aromatic carbocycles. The normalized spacial score (nSPS) is 10.7. The second-order valence-electron chi connectivity index (χ2n) is 3.72. The molecule has 0 radical (unpaired) electrons. The predicted molar refractivity (Wildman–Crippen MR) is 67.3 cm³/mol. The summed E-state index contributed by atoms with van der Waals surface area (Å²) in [5.41, 5.74) is 1.93. The number of para-hydroxylation sites is 1. The van der Waals surface area contributed by atoms with E-state index in [2.05, 4.69) is 18.0 Å². The van der Waals surface area contributed by atoms with Crippen molar-refractivity contribution in [1.82, 2.24) is 4.98 Å². The molecule has 1 aromatic heterocycles. The van der Waals surface area contributed by atoms with Crippen molar-refractivity contribution in [2.24, 2.45) is 0 Å². The third-order valence-electron chi connectivity index (χ3n) is 2.57. The molecule has 0 aliphatic heterocycles. The van der Waals surface area contributed by atoms with Crippen molar-refractivity contribution in [2.75, 3.05) is 7.11 Å². The Morgan fingerprint density at radius 1 is 1.38 bits per heavy atom. The lowest BCUT2D eigenvalue weighted by Crippen LogP contribution is -1.92. The van der Waals surface area contributed by atoms with Crippen LogP contribution in [0.4, 0.5) is 0 Å². The number of aromatic nitrogens is 1. The van der Waals surface area contributed by atoms with E-state index in [0.717, 1.165) is 35.1 Å². The second-order valence-corrected chi connectivity index (χ2v) is 4.08. The van der Waals surface area contributed by atoms with Crippen molar-refractivity contribution in [2.45, 2.75) is 19.8 Å². The standard InChI is InChI=1S/C13H14ClNO/c1-3-5-10-8-9-6-4-7-11(16-2)12(9)15-13(10)14/h4,6-8H,3,5H2,1-2H3. The van der Waals surface area contributed by atoms with E-state index in [1.54, 1.807) is 7.11 Å². The number of aryl methyl sites for hydroxylation is 1. The van der Waals surface area contributed by atoms with Crippen LogP contribution in [0, 0.1) is 0 Å². The van der Waals surface area contributed by atoms with Crippen molar-refractivity contribution < 1.29 is 4.74 Å². The number of hydrogen-bond donors (Lipinski definition) is 0. The molecular weight excluding hydrogens is 222 g/mol. The molecule has 0 bridgehead atoms. The van der Waals surface area contributed by atoms with Crippen LogP contribution in [0.2, 0.25) is 5.15 Å². The van der Waals surface area contributed by atoms with E-state index in [0.29, 0.717) is 5.15 Å². The number of halogens is 1. The quantitative estimate of drug-likeness (QED) is 0.754. The van der Waals surface area contributed by atoms with Gasteiger partial charge in [-0.3, -0.25) is 0 Å². The molecule has 2 aromatic rings. The van der Waals surface area contributed by atoms with Crippen molar-refractivity contribution >= 4 is 22.5 Å². The minimum absolute atomic E-state index is 0.582. The topological polar surface area (TPSA) is 22.1 Å². The highest BCUT2D eigenvalue weighted by Crippen LogP contribution is 2.27. The maximum absolute atomic E-state index is 6.14. The first-order valence-electron chi connectivity index (χ1n) is 5.38. The summed E-state index contributed by atoms with van der Waals surface area (Å²) in [6, 6.07) is 7.98. The average molecular weight is 236 g/mol. The molecular formula is C13H14ClNO. The molecule has 16 heavy (non-hydrogen) atoms. The van der Waals surface area contributed by atoms with Gasteiger partial charge in [-0.05, 0) is 24.1 Å². The molecule has 0 amide bonds. The van der Waals surface area contributed by atoms with Gasteiger partial charge in [0, 0.05) is 5.39 Å². The Morgan fingerprint density at radius 2 is 2.19 bits per heavy atom. The van der Waals surface area contributed by atoms with Crippen LogP contribution in [0.1, 0.15) is 18.9 Å². The second kappa shape index (κ2) is 4.71. The predicted octanol–water partition coefficient (Wildman–Crippen LogP) is 3.85. The van der Waals surface area contributed by atoms with Gasteiger partial charge in [0.25, 0.3) is 0 Å². The Morgan fingerprint density at radius 3 is 2.88 bits per heavy atom. The number of nitrogens with zero attached hydrogens (tertiary/aromatic N) is 1. The molecule has 0 atom stereocenters. The highest BCUT2D eigenvalue weighted by atomic mass is 35.5. The van der Waals surface area contributed by atoms with Gasteiger partial charge in [0.05, 0.1) is 7.11 Å². The Balaban J connectivity index is 2.63. The van der Waals surface area contributed by atoms with Gasteiger partial charge in [0.2, 0.25) is 0 Å². The fraction of sp³-hybridized carbons (Fsp3) is 0.308. The zero-order valence-electron chi connectivity index (χ0n) is 9.46. The van der Waals surface area contributed by atoms with E-state index in [1.807, 2.05) is 18.2 Å². The molecule has 84 valence electrons. The van der Waals surface area contributed by atoms with Crippen LogP contribution in [0.3, 0.4) is 0 Å². The molecule has 0 spiro atoms. The molecule has 0 saturated carbocycles. The van der Waals surface area contributed by atoms with Gasteiger partial charge in [-0.2, -0.15) is 0 Å². The molecule has 0 fully saturated rings. The molecule has 0 N–H and O–H groups in total. The minimum Gasteiger partial charge on any atom is -0.494 e. The highest BCUT2D eigenvalue weighted by molar-refractivity contribution is 6.30. The van der Waals surface area contributed by atoms with Gasteiger partial charge in [0.15, 0.2) is 0 Å². The number of rotatable bonds is 3. The van der Waals surface area contributed by atoms with E-state index in [9.17, 15) is 0 Å². The van der Waals surface area contributed by atoms with Crippen molar-refractivity contribution in [3.63, 3.8) is 0 Å². The van der Waals surface area contributed by atoms with Crippen molar-refractivity contribution in [1.29, 1.82) is 0 Å². The maximum atomic E-state index is 6.14. The number of pyridine rings is 1. The largest absolute Gasteiger partial charge is 0.494 e. The molecule has 2 nitrogen and oxygen atoms in total. The summed E-state index contributed by atoms with van der Waals surface area (Å²) in [5.74, 6) is 0.766. The van der Waals surface area contributed by atoms with Gasteiger partial charge in [0.1, 0.15) is 16.4 Å². The number of fused-ring (bicyclic) bond motifs is 1. The van der Waals surface area contributed by atoms with Crippen LogP contribution in [0.5, 0.6) is 5.75 Å². The summed E-state index contributed by atoms with van der Waals surface area (Å²) in [6.07, 6.45) is 2.02. The van der Waals surface area contributed by atoms with Gasteiger partial charge in [-0.25, -0.2) is 4.98 Å². The van der Waals surface area contributed by atoms with Gasteiger partial charge >= 0.3 is 0 Å². The van der Waals surface area contributed by atoms with Gasteiger partial charge in [-0.1, -0.05) is 37.1 Å². The van der Waals surface area contributed by atoms with Crippen LogP contribution in [-0.2, 0) is 6.42 Å². The zero-order valence-corrected chi connectivity index (χ0v) is 10.2. The van der Waals surface area contributed by atoms with E-state index >= 15 is 0 Å². The summed E-state index contributed by atoms with van der Waals surface area (Å²) in [6.45, 7) is 2.13. The van der Waals surface area contributed by atoms with E-state index in [4.69, 9.17) is 16.3 Å². The maximum Gasteiger partial charge on any atom is 0.145 e. The SMILES string of the molecule is CCCc1cc2cccc(OC)c2nc1Cl. The van der Waals surface area contributed by atoms with Gasteiger partial charge in [-0.15, -0.1) is 0 Å². The molecule has 0 aliphatic carbocycles. The van der Waals surface area contributed by atoms with E-state index in [1.165, 1.54) is 0 Å². The first-order valence-corrected chi connectivity index (χ1v) is 5.76. The smallest absolute Gasteiger partial charge is 0.145 e. The highest BCUT2D eigenvalue weighted by Gasteiger charge is 2.07. The molecule has 2 rings (SSSR count). The van der Waals surface area contributed by atoms with Crippen LogP contribution in [0.25, 0.3) is 10.9 Å². The summed E-state index contributed by atoms with van der Waals surface area (Å²) >= 11 is 6.14. The molecule has 0 aliphatic rings. The van der Waals surface area contributed by atoms with Crippen molar-refractivity contribution in [3.8, 4) is 5.75 Å². The van der Waals surface area contributed by atoms with E-state index < -0.39 is 0 Å². The van der Waals surface area contributed by atoms with Crippen molar-refractivity contribution in [3.05, 3.63) is 35.0 Å². The fourth-order valence-corrected chi connectivity index (χ4v) is 2.04. The Kier molecular flexibility index (Phi) is 3.30. The number of ether oxygens (including phenoxy) is 1. The van der Waals surface area contributed by atoms with Crippen LogP contribution in [-0.4, -0.2) is 12.1 Å². The fourth-order valence-electron chi connectivity index (χ4n) is 1.80. The molecule has 1 heterocycles. The van der Waals surface area contributed by atoms with Crippen LogP contribution >= 0.6 is 11.6 Å². The summed E-state index contributed by atoms with van der Waals surface area (Å²) in [7, 11) is 1.64. The van der Waals surface area contributed by atoms with Gasteiger partial charge < -0.3 is 4.74 Å². The number of benzene rings is 1. The lowest BCUT2D eigenvalue weighted by Gasteiger charge is -2.07. The minimum atomic E-state index is 0.582. The third-order valence-corrected chi connectivity index (χ3v) is 2.90. The summed E-state index contributed by atoms with van der Waals surface area (Å²) in [4.78, 5) is 4.41. The monoisotopic (exact) mass is 235 g/mol. The summed E-state index contributed by atoms with van der Waals surface area (Å²) in [5, 5.41) is 1.66. The van der Waals surface area contributed by atoms with Crippen LogP contribution < -0.4 is 4.74 Å². The van der Waals surface area contributed by atoms with E-state index in [-0.39, 0.29) is 0 Å².